The Balaban J connectivity index is 1.69. The third-order valence-corrected chi connectivity index (χ3v) is 4.06. The van der Waals surface area contributed by atoms with Crippen LogP contribution in [0.25, 0.3) is 0 Å². The van der Waals surface area contributed by atoms with Crippen molar-refractivity contribution in [3.63, 3.8) is 0 Å². The maximum absolute atomic E-state index is 12.7. The number of hydrogen-bond donors (Lipinski definition) is 0. The van der Waals surface area contributed by atoms with E-state index in [-0.39, 0.29) is 5.56 Å². The minimum absolute atomic E-state index is 0.0442. The van der Waals surface area contributed by atoms with Gasteiger partial charge in [-0.05, 0) is 17.7 Å². The molecule has 0 N–H and O–H groups in total. The summed E-state index contributed by atoms with van der Waals surface area (Å²) in [6.45, 7) is 1.38. The van der Waals surface area contributed by atoms with Gasteiger partial charge < -0.3 is 4.90 Å². The van der Waals surface area contributed by atoms with E-state index < -0.39 is 0 Å². The SMILES string of the molecule is O=c1c(Cc2ccccc2)nnc2n1CCN2c1ccccc1. The highest BCUT2D eigenvalue weighted by Gasteiger charge is 2.24. The van der Waals surface area contributed by atoms with Crippen LogP contribution in [0.4, 0.5) is 11.6 Å². The third kappa shape index (κ3) is 2.50. The van der Waals surface area contributed by atoms with Crippen LogP contribution in [0.2, 0.25) is 0 Å². The van der Waals surface area contributed by atoms with Crippen molar-refractivity contribution in [1.29, 1.82) is 0 Å². The molecule has 4 rings (SSSR count). The van der Waals surface area contributed by atoms with E-state index in [0.717, 1.165) is 17.8 Å². The van der Waals surface area contributed by atoms with E-state index in [1.807, 2.05) is 65.6 Å². The molecule has 0 radical (unpaired) electrons. The summed E-state index contributed by atoms with van der Waals surface area (Å²) in [5.74, 6) is 0.623. The lowest BCUT2D eigenvalue weighted by molar-refractivity contribution is 0.716. The van der Waals surface area contributed by atoms with Gasteiger partial charge in [0.1, 0.15) is 5.69 Å². The molecule has 0 atom stereocenters. The molecular formula is C18H16N4O. The normalized spacial score (nSPS) is 13.1. The number of aromatic nitrogens is 3. The van der Waals surface area contributed by atoms with Crippen LogP contribution in [0.15, 0.2) is 65.5 Å². The van der Waals surface area contributed by atoms with Crippen molar-refractivity contribution in [2.24, 2.45) is 0 Å². The molecule has 23 heavy (non-hydrogen) atoms. The van der Waals surface area contributed by atoms with Crippen molar-refractivity contribution in [3.8, 4) is 0 Å². The lowest BCUT2D eigenvalue weighted by atomic mass is 10.1. The molecule has 0 unspecified atom stereocenters. The van der Waals surface area contributed by atoms with E-state index in [4.69, 9.17) is 0 Å². The summed E-state index contributed by atoms with van der Waals surface area (Å²) in [4.78, 5) is 14.7. The summed E-state index contributed by atoms with van der Waals surface area (Å²) in [5, 5.41) is 8.51. The highest BCUT2D eigenvalue weighted by Crippen LogP contribution is 2.26. The van der Waals surface area contributed by atoms with Gasteiger partial charge in [-0.25, -0.2) is 0 Å². The van der Waals surface area contributed by atoms with Crippen LogP contribution >= 0.6 is 0 Å². The Kier molecular flexibility index (Phi) is 3.38. The molecule has 114 valence electrons. The van der Waals surface area contributed by atoms with Crippen LogP contribution in [-0.4, -0.2) is 21.3 Å². The van der Waals surface area contributed by atoms with Gasteiger partial charge >= 0.3 is 0 Å². The summed E-state index contributed by atoms with van der Waals surface area (Å²) in [6, 6.07) is 19.8. The Morgan fingerprint density at radius 3 is 2.30 bits per heavy atom. The highest BCUT2D eigenvalue weighted by molar-refractivity contribution is 5.58. The summed E-state index contributed by atoms with van der Waals surface area (Å²) >= 11 is 0. The van der Waals surface area contributed by atoms with E-state index in [9.17, 15) is 4.79 Å². The van der Waals surface area contributed by atoms with E-state index in [1.54, 1.807) is 4.57 Å². The van der Waals surface area contributed by atoms with Crippen molar-refractivity contribution < 1.29 is 0 Å². The minimum atomic E-state index is -0.0442. The van der Waals surface area contributed by atoms with Crippen molar-refractivity contribution in [1.82, 2.24) is 14.8 Å². The molecule has 1 aromatic heterocycles. The second-order valence-electron chi connectivity index (χ2n) is 5.55. The predicted octanol–water partition coefficient (Wildman–Crippen LogP) is 2.38. The molecule has 5 heteroatoms. The maximum atomic E-state index is 12.7. The second kappa shape index (κ2) is 5.68. The van der Waals surface area contributed by atoms with Crippen LogP contribution in [0.3, 0.4) is 0 Å². The Bertz CT molecular complexity index is 875. The molecule has 0 aliphatic carbocycles. The number of hydrogen-bond acceptors (Lipinski definition) is 4. The average molecular weight is 304 g/mol. The lowest BCUT2D eigenvalue weighted by Crippen LogP contribution is -2.25. The fourth-order valence-electron chi connectivity index (χ4n) is 2.90. The van der Waals surface area contributed by atoms with Gasteiger partial charge in [0, 0.05) is 25.2 Å². The van der Waals surface area contributed by atoms with Gasteiger partial charge in [-0.1, -0.05) is 48.5 Å². The Hall–Kier alpha value is -2.95. The first-order valence-corrected chi connectivity index (χ1v) is 7.66. The number of anilines is 2. The van der Waals surface area contributed by atoms with Crippen molar-refractivity contribution in [2.75, 3.05) is 11.4 Å². The molecule has 0 saturated heterocycles. The van der Waals surface area contributed by atoms with E-state index in [0.29, 0.717) is 24.6 Å². The standard InChI is InChI=1S/C18H16N4O/c23-17-16(13-14-7-3-1-4-8-14)19-20-18-21(11-12-22(17)18)15-9-5-2-6-10-15/h1-10H,11-13H2. The number of fused-ring (bicyclic) bond motifs is 1. The maximum Gasteiger partial charge on any atom is 0.277 e. The van der Waals surface area contributed by atoms with Gasteiger partial charge in [-0.3, -0.25) is 9.36 Å². The van der Waals surface area contributed by atoms with Crippen LogP contribution in [-0.2, 0) is 13.0 Å². The molecule has 3 aromatic rings. The van der Waals surface area contributed by atoms with Crippen LogP contribution < -0.4 is 10.5 Å². The van der Waals surface area contributed by atoms with Gasteiger partial charge in [0.05, 0.1) is 0 Å². The number of para-hydroxylation sites is 1. The third-order valence-electron chi connectivity index (χ3n) is 4.06. The molecule has 0 amide bonds. The second-order valence-corrected chi connectivity index (χ2v) is 5.55. The van der Waals surface area contributed by atoms with Gasteiger partial charge in [0.15, 0.2) is 0 Å². The van der Waals surface area contributed by atoms with E-state index in [1.165, 1.54) is 0 Å². The van der Waals surface area contributed by atoms with Crippen molar-refractivity contribution >= 4 is 11.6 Å². The first kappa shape index (κ1) is 13.7. The summed E-state index contributed by atoms with van der Waals surface area (Å²) < 4.78 is 1.72. The monoisotopic (exact) mass is 304 g/mol. The molecule has 5 nitrogen and oxygen atoms in total. The molecule has 0 saturated carbocycles. The van der Waals surface area contributed by atoms with Crippen LogP contribution in [0.5, 0.6) is 0 Å². The molecule has 2 heterocycles. The van der Waals surface area contributed by atoms with Gasteiger partial charge in [-0.15, -0.1) is 10.2 Å². The zero-order valence-electron chi connectivity index (χ0n) is 12.6. The number of benzene rings is 2. The van der Waals surface area contributed by atoms with Crippen molar-refractivity contribution in [2.45, 2.75) is 13.0 Å². The Morgan fingerprint density at radius 1 is 0.870 bits per heavy atom. The Labute approximate surface area is 133 Å². The fraction of sp³-hybridized carbons (Fsp3) is 0.167. The minimum Gasteiger partial charge on any atom is -0.309 e. The van der Waals surface area contributed by atoms with Gasteiger partial charge in [0.25, 0.3) is 5.56 Å². The molecule has 2 aromatic carbocycles. The summed E-state index contributed by atoms with van der Waals surface area (Å²) in [6.07, 6.45) is 0.512. The summed E-state index contributed by atoms with van der Waals surface area (Å²) in [7, 11) is 0. The molecule has 0 spiro atoms. The van der Waals surface area contributed by atoms with E-state index in [2.05, 4.69) is 10.2 Å². The molecular weight excluding hydrogens is 288 g/mol. The zero-order chi connectivity index (χ0) is 15.6. The van der Waals surface area contributed by atoms with Crippen LogP contribution in [0.1, 0.15) is 11.3 Å². The smallest absolute Gasteiger partial charge is 0.277 e. The predicted molar refractivity (Wildman–Crippen MR) is 89.0 cm³/mol. The average Bonchev–Trinajstić information content (AvgIpc) is 3.04. The topological polar surface area (TPSA) is 51.0 Å². The van der Waals surface area contributed by atoms with Gasteiger partial charge in [0.2, 0.25) is 5.95 Å². The first-order valence-electron chi connectivity index (χ1n) is 7.66. The zero-order valence-corrected chi connectivity index (χ0v) is 12.6. The lowest BCUT2D eigenvalue weighted by Gasteiger charge is -2.16. The molecule has 0 fully saturated rings. The molecule has 1 aliphatic heterocycles. The fourth-order valence-corrected chi connectivity index (χ4v) is 2.90. The largest absolute Gasteiger partial charge is 0.309 e. The first-order chi connectivity index (χ1) is 11.3. The van der Waals surface area contributed by atoms with E-state index >= 15 is 0 Å². The van der Waals surface area contributed by atoms with Crippen LogP contribution in [0, 0.1) is 0 Å². The molecule has 1 aliphatic rings. The highest BCUT2D eigenvalue weighted by atomic mass is 16.1. The summed E-state index contributed by atoms with van der Waals surface area (Å²) in [5.41, 5.74) is 2.55. The Morgan fingerprint density at radius 2 is 1.57 bits per heavy atom. The quantitative estimate of drug-likeness (QED) is 0.745. The number of nitrogens with zero attached hydrogens (tertiary/aromatic N) is 4. The van der Waals surface area contributed by atoms with Gasteiger partial charge in [-0.2, -0.15) is 0 Å². The molecule has 0 bridgehead atoms. The van der Waals surface area contributed by atoms with Crippen molar-refractivity contribution in [3.05, 3.63) is 82.3 Å². The number of rotatable bonds is 3.